The summed E-state index contributed by atoms with van der Waals surface area (Å²) in [7, 11) is 1.74. The number of hydrogen-bond donors (Lipinski definition) is 1. The second-order valence-electron chi connectivity index (χ2n) is 5.97. The van der Waals surface area contributed by atoms with E-state index in [1.165, 1.54) is 5.56 Å². The van der Waals surface area contributed by atoms with Gasteiger partial charge in [0.2, 0.25) is 0 Å². The number of benzene rings is 1. The number of carbonyl (C=O) groups is 1. The average molecular weight is 304 g/mol. The lowest BCUT2D eigenvalue weighted by Gasteiger charge is -2.31. The van der Waals surface area contributed by atoms with E-state index in [1.807, 2.05) is 17.0 Å². The maximum Gasteiger partial charge on any atom is 0.317 e. The molecule has 2 aliphatic heterocycles. The molecule has 0 atom stereocenters. The number of nitrogens with zero attached hydrogens (tertiary/aromatic N) is 1. The summed E-state index contributed by atoms with van der Waals surface area (Å²) in [6, 6.07) is 6.21. The van der Waals surface area contributed by atoms with Crippen molar-refractivity contribution in [2.75, 3.05) is 26.8 Å². The van der Waals surface area contributed by atoms with Gasteiger partial charge in [-0.3, -0.25) is 0 Å². The van der Waals surface area contributed by atoms with Gasteiger partial charge in [-0.15, -0.1) is 0 Å². The third kappa shape index (κ3) is 3.53. The summed E-state index contributed by atoms with van der Waals surface area (Å²) in [5.41, 5.74) is 2.38. The summed E-state index contributed by atoms with van der Waals surface area (Å²) in [6.07, 6.45) is 4.25. The van der Waals surface area contributed by atoms with E-state index < -0.39 is 0 Å². The SMILES string of the molecule is COC1CCN(C(=O)NCc2ccc3c(c2)CCCO3)CC1. The third-order valence-corrected chi connectivity index (χ3v) is 4.48. The summed E-state index contributed by atoms with van der Waals surface area (Å²) in [6.45, 7) is 2.90. The molecule has 0 unspecified atom stereocenters. The molecule has 5 nitrogen and oxygen atoms in total. The van der Waals surface area contributed by atoms with Crippen LogP contribution in [0.2, 0.25) is 0 Å². The standard InChI is InChI=1S/C17H24N2O3/c1-21-15-6-8-19(9-7-15)17(20)18-12-13-4-5-16-14(11-13)3-2-10-22-16/h4-5,11,15H,2-3,6-10,12H2,1H3,(H,18,20). The summed E-state index contributed by atoms with van der Waals surface area (Å²) in [4.78, 5) is 14.1. The van der Waals surface area contributed by atoms with Crippen LogP contribution in [0, 0.1) is 0 Å². The molecule has 0 radical (unpaired) electrons. The number of carbonyl (C=O) groups excluding carboxylic acids is 1. The van der Waals surface area contributed by atoms with Crippen molar-refractivity contribution in [2.24, 2.45) is 0 Å². The molecule has 1 aromatic carbocycles. The molecule has 0 bridgehead atoms. The summed E-state index contributed by atoms with van der Waals surface area (Å²) in [5, 5.41) is 3.01. The molecule has 1 aromatic rings. The number of rotatable bonds is 3. The van der Waals surface area contributed by atoms with Gasteiger partial charge in [-0.1, -0.05) is 12.1 Å². The molecule has 120 valence electrons. The van der Waals surface area contributed by atoms with E-state index in [0.717, 1.165) is 56.7 Å². The lowest BCUT2D eigenvalue weighted by molar-refractivity contribution is 0.0503. The summed E-state index contributed by atoms with van der Waals surface area (Å²) >= 11 is 0. The van der Waals surface area contributed by atoms with Crippen LogP contribution in [-0.2, 0) is 17.7 Å². The topological polar surface area (TPSA) is 50.8 Å². The molecule has 1 N–H and O–H groups in total. The lowest BCUT2D eigenvalue weighted by Crippen LogP contribution is -2.45. The fourth-order valence-corrected chi connectivity index (χ4v) is 3.11. The fraction of sp³-hybridized carbons (Fsp3) is 0.588. The number of hydrogen-bond acceptors (Lipinski definition) is 3. The molecule has 2 heterocycles. The van der Waals surface area contributed by atoms with Gasteiger partial charge in [0.15, 0.2) is 0 Å². The highest BCUT2D eigenvalue weighted by molar-refractivity contribution is 5.74. The first-order chi connectivity index (χ1) is 10.8. The van der Waals surface area contributed by atoms with Crippen LogP contribution < -0.4 is 10.1 Å². The van der Waals surface area contributed by atoms with Crippen molar-refractivity contribution in [1.82, 2.24) is 10.2 Å². The molecular weight excluding hydrogens is 280 g/mol. The Hall–Kier alpha value is -1.75. The van der Waals surface area contributed by atoms with Gasteiger partial charge in [-0.2, -0.15) is 0 Å². The first-order valence-electron chi connectivity index (χ1n) is 8.06. The van der Waals surface area contributed by atoms with Crippen LogP contribution in [0.1, 0.15) is 30.4 Å². The Labute approximate surface area is 131 Å². The minimum absolute atomic E-state index is 0.0172. The molecular formula is C17H24N2O3. The van der Waals surface area contributed by atoms with Gasteiger partial charge in [0.1, 0.15) is 5.75 Å². The Morgan fingerprint density at radius 3 is 3.00 bits per heavy atom. The number of likely N-dealkylation sites (tertiary alicyclic amines) is 1. The van der Waals surface area contributed by atoms with Crippen molar-refractivity contribution in [3.8, 4) is 5.75 Å². The molecule has 2 aliphatic rings. The number of aryl methyl sites for hydroxylation is 1. The third-order valence-electron chi connectivity index (χ3n) is 4.48. The zero-order chi connectivity index (χ0) is 15.4. The second kappa shape index (κ2) is 7.01. The van der Waals surface area contributed by atoms with Crippen molar-refractivity contribution in [3.05, 3.63) is 29.3 Å². The van der Waals surface area contributed by atoms with E-state index in [4.69, 9.17) is 9.47 Å². The van der Waals surface area contributed by atoms with Gasteiger partial charge in [-0.05, 0) is 42.9 Å². The fourth-order valence-electron chi connectivity index (χ4n) is 3.11. The highest BCUT2D eigenvalue weighted by Crippen LogP contribution is 2.25. The van der Waals surface area contributed by atoms with E-state index in [9.17, 15) is 4.79 Å². The Balaban J connectivity index is 1.51. The van der Waals surface area contributed by atoms with Crippen LogP contribution in [-0.4, -0.2) is 43.8 Å². The molecule has 0 saturated carbocycles. The summed E-state index contributed by atoms with van der Waals surface area (Å²) in [5.74, 6) is 0.989. The van der Waals surface area contributed by atoms with Crippen LogP contribution in [0.15, 0.2) is 18.2 Å². The zero-order valence-corrected chi connectivity index (χ0v) is 13.1. The van der Waals surface area contributed by atoms with E-state index in [2.05, 4.69) is 11.4 Å². The Kier molecular flexibility index (Phi) is 4.83. The van der Waals surface area contributed by atoms with Gasteiger partial charge < -0.3 is 19.7 Å². The number of methoxy groups -OCH3 is 1. The number of nitrogens with one attached hydrogen (secondary N) is 1. The van der Waals surface area contributed by atoms with E-state index in [-0.39, 0.29) is 6.03 Å². The van der Waals surface area contributed by atoms with Crippen molar-refractivity contribution in [1.29, 1.82) is 0 Å². The number of ether oxygens (including phenoxy) is 2. The van der Waals surface area contributed by atoms with Gasteiger partial charge in [0, 0.05) is 26.7 Å². The maximum absolute atomic E-state index is 12.2. The largest absolute Gasteiger partial charge is 0.493 e. The number of piperidine rings is 1. The van der Waals surface area contributed by atoms with Crippen LogP contribution in [0.5, 0.6) is 5.75 Å². The maximum atomic E-state index is 12.2. The van der Waals surface area contributed by atoms with Crippen molar-refractivity contribution in [3.63, 3.8) is 0 Å². The smallest absolute Gasteiger partial charge is 0.317 e. The first kappa shape index (κ1) is 15.2. The zero-order valence-electron chi connectivity index (χ0n) is 13.1. The Morgan fingerprint density at radius 2 is 2.23 bits per heavy atom. The monoisotopic (exact) mass is 304 g/mol. The minimum atomic E-state index is 0.0172. The Morgan fingerprint density at radius 1 is 1.41 bits per heavy atom. The minimum Gasteiger partial charge on any atom is -0.493 e. The van der Waals surface area contributed by atoms with E-state index in [0.29, 0.717) is 12.6 Å². The van der Waals surface area contributed by atoms with Gasteiger partial charge >= 0.3 is 6.03 Å². The predicted octanol–water partition coefficient (Wildman–Crippen LogP) is 2.33. The molecule has 0 aliphatic carbocycles. The highest BCUT2D eigenvalue weighted by atomic mass is 16.5. The lowest BCUT2D eigenvalue weighted by atomic mass is 10.0. The molecule has 0 aromatic heterocycles. The van der Waals surface area contributed by atoms with Crippen molar-refractivity contribution >= 4 is 6.03 Å². The van der Waals surface area contributed by atoms with Crippen LogP contribution in [0.4, 0.5) is 4.79 Å². The predicted molar refractivity (Wildman–Crippen MR) is 84.1 cm³/mol. The molecule has 0 spiro atoms. The van der Waals surface area contributed by atoms with Crippen molar-refractivity contribution < 1.29 is 14.3 Å². The van der Waals surface area contributed by atoms with Crippen LogP contribution >= 0.6 is 0 Å². The van der Waals surface area contributed by atoms with Gasteiger partial charge in [0.25, 0.3) is 0 Å². The number of fused-ring (bicyclic) bond motifs is 1. The summed E-state index contributed by atoms with van der Waals surface area (Å²) < 4.78 is 10.9. The van der Waals surface area contributed by atoms with E-state index >= 15 is 0 Å². The molecule has 22 heavy (non-hydrogen) atoms. The van der Waals surface area contributed by atoms with Crippen molar-refractivity contribution in [2.45, 2.75) is 38.3 Å². The van der Waals surface area contributed by atoms with Crippen LogP contribution in [0.25, 0.3) is 0 Å². The first-order valence-corrected chi connectivity index (χ1v) is 8.06. The van der Waals surface area contributed by atoms with E-state index in [1.54, 1.807) is 7.11 Å². The molecule has 5 heteroatoms. The quantitative estimate of drug-likeness (QED) is 0.932. The molecule has 1 saturated heterocycles. The van der Waals surface area contributed by atoms with Crippen LogP contribution in [0.3, 0.4) is 0 Å². The second-order valence-corrected chi connectivity index (χ2v) is 5.97. The Bertz CT molecular complexity index is 525. The molecule has 2 amide bonds. The molecule has 1 fully saturated rings. The normalized spacial score (nSPS) is 18.5. The highest BCUT2D eigenvalue weighted by Gasteiger charge is 2.22. The van der Waals surface area contributed by atoms with Gasteiger partial charge in [-0.25, -0.2) is 4.79 Å². The number of urea groups is 1. The van der Waals surface area contributed by atoms with Gasteiger partial charge in [0.05, 0.1) is 12.7 Å². The number of amides is 2. The molecule has 3 rings (SSSR count). The average Bonchev–Trinajstić information content (AvgIpc) is 2.59.